The molecule has 2 atom stereocenters. The number of phenolic OH excluding ortho intramolecular Hbond substituents is 1. The second-order valence-corrected chi connectivity index (χ2v) is 4.08. The quantitative estimate of drug-likeness (QED) is 0.761. The van der Waals surface area contributed by atoms with Gasteiger partial charge in [0.05, 0.1) is 19.8 Å². The Morgan fingerprint density at radius 2 is 2.19 bits per heavy atom. The number of benzene rings is 1. The van der Waals surface area contributed by atoms with E-state index in [0.29, 0.717) is 17.9 Å². The van der Waals surface area contributed by atoms with Crippen molar-refractivity contribution in [3.63, 3.8) is 0 Å². The minimum atomic E-state index is -0.718. The summed E-state index contributed by atoms with van der Waals surface area (Å²) in [4.78, 5) is 0. The van der Waals surface area contributed by atoms with Crippen molar-refractivity contribution in [2.75, 3.05) is 7.11 Å². The van der Waals surface area contributed by atoms with Crippen molar-refractivity contribution in [1.82, 2.24) is 0 Å². The maximum atomic E-state index is 10.1. The molecular formula is C12H16O4. The number of methoxy groups -OCH3 is 1. The van der Waals surface area contributed by atoms with Crippen molar-refractivity contribution in [2.24, 2.45) is 0 Å². The van der Waals surface area contributed by atoms with Crippen LogP contribution >= 0.6 is 0 Å². The van der Waals surface area contributed by atoms with Gasteiger partial charge in [0.25, 0.3) is 0 Å². The largest absolute Gasteiger partial charge is 0.508 e. The minimum Gasteiger partial charge on any atom is -0.508 e. The lowest BCUT2D eigenvalue weighted by molar-refractivity contribution is -0.0536. The highest BCUT2D eigenvalue weighted by Gasteiger charge is 2.30. The van der Waals surface area contributed by atoms with Crippen LogP contribution < -0.4 is 4.74 Å². The summed E-state index contributed by atoms with van der Waals surface area (Å²) in [5.41, 5.74) is 2.25. The summed E-state index contributed by atoms with van der Waals surface area (Å²) in [7, 11) is 1.54. The van der Waals surface area contributed by atoms with Crippen LogP contribution in [0.5, 0.6) is 11.5 Å². The third kappa shape index (κ3) is 1.54. The summed E-state index contributed by atoms with van der Waals surface area (Å²) in [6, 6.07) is 1.56. The van der Waals surface area contributed by atoms with Crippen LogP contribution in [0.2, 0.25) is 0 Å². The molecule has 88 valence electrons. The Morgan fingerprint density at radius 1 is 1.50 bits per heavy atom. The van der Waals surface area contributed by atoms with Crippen molar-refractivity contribution >= 4 is 0 Å². The van der Waals surface area contributed by atoms with Gasteiger partial charge in [0, 0.05) is 11.6 Å². The number of aliphatic hydroxyl groups is 1. The number of ether oxygens (including phenoxy) is 2. The summed E-state index contributed by atoms with van der Waals surface area (Å²) < 4.78 is 10.6. The Morgan fingerprint density at radius 3 is 2.81 bits per heavy atom. The lowest BCUT2D eigenvalue weighted by Crippen LogP contribution is -2.26. The maximum absolute atomic E-state index is 10.1. The van der Waals surface area contributed by atoms with Crippen molar-refractivity contribution in [3.05, 3.63) is 22.8 Å². The van der Waals surface area contributed by atoms with Gasteiger partial charge in [-0.1, -0.05) is 0 Å². The topological polar surface area (TPSA) is 58.9 Å². The van der Waals surface area contributed by atoms with E-state index < -0.39 is 6.10 Å². The third-order valence-electron chi connectivity index (χ3n) is 3.13. The summed E-state index contributed by atoms with van der Waals surface area (Å²) in [6.45, 7) is 4.00. The molecule has 0 bridgehead atoms. The molecule has 4 heteroatoms. The number of aromatic hydroxyl groups is 1. The molecule has 1 aromatic rings. The van der Waals surface area contributed by atoms with Gasteiger partial charge < -0.3 is 19.7 Å². The summed E-state index contributed by atoms with van der Waals surface area (Å²) in [6.07, 6.45) is -0.984. The Balaban J connectivity index is 2.64. The lowest BCUT2D eigenvalue weighted by Gasteiger charge is -2.30. The molecule has 0 aliphatic carbocycles. The first-order chi connectivity index (χ1) is 7.56. The van der Waals surface area contributed by atoms with Crippen LogP contribution in [0, 0.1) is 6.92 Å². The third-order valence-corrected chi connectivity index (χ3v) is 3.13. The smallest absolute Gasteiger partial charge is 0.128 e. The molecule has 1 aromatic carbocycles. The van der Waals surface area contributed by atoms with E-state index in [4.69, 9.17) is 9.47 Å². The van der Waals surface area contributed by atoms with E-state index in [9.17, 15) is 10.2 Å². The van der Waals surface area contributed by atoms with Crippen molar-refractivity contribution in [1.29, 1.82) is 0 Å². The fraction of sp³-hybridized carbons (Fsp3) is 0.500. The molecule has 2 unspecified atom stereocenters. The maximum Gasteiger partial charge on any atom is 0.128 e. The molecule has 1 aliphatic rings. The van der Waals surface area contributed by atoms with E-state index in [0.717, 1.165) is 11.1 Å². The average Bonchev–Trinajstić information content (AvgIpc) is 2.27. The van der Waals surface area contributed by atoms with Crippen LogP contribution in [0.3, 0.4) is 0 Å². The average molecular weight is 224 g/mol. The molecule has 2 N–H and O–H groups in total. The SMILES string of the molecule is COc1cc(O)c(C)c2c1COC(C)C2O. The summed E-state index contributed by atoms with van der Waals surface area (Å²) >= 11 is 0. The zero-order chi connectivity index (χ0) is 11.9. The van der Waals surface area contributed by atoms with Crippen LogP contribution in [0.15, 0.2) is 6.07 Å². The fourth-order valence-corrected chi connectivity index (χ4v) is 2.09. The van der Waals surface area contributed by atoms with Gasteiger partial charge in [-0.05, 0) is 25.0 Å². The van der Waals surface area contributed by atoms with Crippen LogP contribution in [0.25, 0.3) is 0 Å². The molecular weight excluding hydrogens is 208 g/mol. The van der Waals surface area contributed by atoms with Gasteiger partial charge in [0.15, 0.2) is 0 Å². The Labute approximate surface area is 94.4 Å². The second-order valence-electron chi connectivity index (χ2n) is 4.08. The molecule has 0 amide bonds. The van der Waals surface area contributed by atoms with Gasteiger partial charge in [-0.15, -0.1) is 0 Å². The van der Waals surface area contributed by atoms with Gasteiger partial charge in [0.2, 0.25) is 0 Å². The minimum absolute atomic E-state index is 0.142. The number of rotatable bonds is 1. The zero-order valence-electron chi connectivity index (χ0n) is 9.65. The van der Waals surface area contributed by atoms with Crippen LogP contribution in [-0.2, 0) is 11.3 Å². The summed E-state index contributed by atoms with van der Waals surface area (Å²) in [5, 5.41) is 19.8. The van der Waals surface area contributed by atoms with E-state index in [1.807, 2.05) is 6.92 Å². The molecule has 0 saturated heterocycles. The number of phenols is 1. The Hall–Kier alpha value is -1.26. The number of aliphatic hydroxyl groups excluding tert-OH is 1. The lowest BCUT2D eigenvalue weighted by atomic mass is 9.91. The Kier molecular flexibility index (Phi) is 2.78. The number of hydrogen-bond acceptors (Lipinski definition) is 4. The highest BCUT2D eigenvalue weighted by Crippen LogP contribution is 2.40. The van der Waals surface area contributed by atoms with Crippen molar-refractivity contribution < 1.29 is 19.7 Å². The first-order valence-corrected chi connectivity index (χ1v) is 5.25. The van der Waals surface area contributed by atoms with Crippen LogP contribution in [0.4, 0.5) is 0 Å². The first-order valence-electron chi connectivity index (χ1n) is 5.25. The fourth-order valence-electron chi connectivity index (χ4n) is 2.09. The molecule has 2 rings (SSSR count). The first kappa shape index (κ1) is 11.2. The molecule has 1 aliphatic heterocycles. The second kappa shape index (κ2) is 3.96. The predicted octanol–water partition coefficient (Wildman–Crippen LogP) is 1.66. The van der Waals surface area contributed by atoms with Gasteiger partial charge in [-0.2, -0.15) is 0 Å². The highest BCUT2D eigenvalue weighted by atomic mass is 16.5. The van der Waals surface area contributed by atoms with E-state index in [1.165, 1.54) is 7.11 Å². The molecule has 4 nitrogen and oxygen atoms in total. The van der Waals surface area contributed by atoms with Crippen LogP contribution in [-0.4, -0.2) is 23.4 Å². The number of fused-ring (bicyclic) bond motifs is 1. The molecule has 1 heterocycles. The van der Waals surface area contributed by atoms with E-state index in [-0.39, 0.29) is 11.9 Å². The van der Waals surface area contributed by atoms with Crippen molar-refractivity contribution in [3.8, 4) is 11.5 Å². The molecule has 0 spiro atoms. The highest BCUT2D eigenvalue weighted by molar-refractivity contribution is 5.53. The molecule has 0 radical (unpaired) electrons. The normalized spacial score (nSPS) is 24.0. The standard InChI is InChI=1S/C12H16O4/c1-6-9(13)4-10(15-3)8-5-16-7(2)12(14)11(6)8/h4,7,12-14H,5H2,1-3H3. The Bertz CT molecular complexity index is 414. The zero-order valence-corrected chi connectivity index (χ0v) is 9.65. The molecule has 0 aromatic heterocycles. The molecule has 0 fully saturated rings. The number of hydrogen-bond donors (Lipinski definition) is 2. The monoisotopic (exact) mass is 224 g/mol. The predicted molar refractivity (Wildman–Crippen MR) is 58.6 cm³/mol. The molecule has 0 saturated carbocycles. The van der Waals surface area contributed by atoms with Gasteiger partial charge in [-0.3, -0.25) is 0 Å². The van der Waals surface area contributed by atoms with E-state index >= 15 is 0 Å². The van der Waals surface area contributed by atoms with Crippen LogP contribution in [0.1, 0.15) is 29.7 Å². The van der Waals surface area contributed by atoms with E-state index in [1.54, 1.807) is 13.0 Å². The van der Waals surface area contributed by atoms with E-state index in [2.05, 4.69) is 0 Å². The van der Waals surface area contributed by atoms with Gasteiger partial charge in [0.1, 0.15) is 17.6 Å². The van der Waals surface area contributed by atoms with Gasteiger partial charge in [-0.25, -0.2) is 0 Å². The summed E-state index contributed by atoms with van der Waals surface area (Å²) in [5.74, 6) is 0.702. The van der Waals surface area contributed by atoms with Gasteiger partial charge >= 0.3 is 0 Å². The van der Waals surface area contributed by atoms with Crippen molar-refractivity contribution in [2.45, 2.75) is 32.7 Å². The molecule has 16 heavy (non-hydrogen) atoms.